The number of hydrogen-bond donors (Lipinski definition) is 1. The molecule has 6 heteroatoms. The first-order valence-electron chi connectivity index (χ1n) is 5.62. The maximum Gasteiger partial charge on any atom is 0.161 e. The highest BCUT2D eigenvalue weighted by molar-refractivity contribution is 5.75. The molecule has 0 fully saturated rings. The third kappa shape index (κ3) is 1.67. The Hall–Kier alpha value is -2.50. The summed E-state index contributed by atoms with van der Waals surface area (Å²) in [6, 6.07) is 9.62. The Morgan fingerprint density at radius 3 is 2.83 bits per heavy atom. The highest BCUT2D eigenvalue weighted by Gasteiger charge is 2.08. The molecule has 2 aromatic heterocycles. The molecule has 0 spiro atoms. The van der Waals surface area contributed by atoms with Crippen LogP contribution in [0.25, 0.3) is 16.9 Å². The van der Waals surface area contributed by atoms with Crippen LogP contribution >= 0.6 is 0 Å². The van der Waals surface area contributed by atoms with E-state index in [4.69, 9.17) is 0 Å². The van der Waals surface area contributed by atoms with Crippen molar-refractivity contribution in [2.24, 2.45) is 0 Å². The van der Waals surface area contributed by atoms with E-state index in [1.54, 1.807) is 4.68 Å². The van der Waals surface area contributed by atoms with Crippen LogP contribution in [0, 0.1) is 6.92 Å². The summed E-state index contributed by atoms with van der Waals surface area (Å²) in [6.07, 6.45) is 0. The van der Waals surface area contributed by atoms with Crippen LogP contribution in [-0.4, -0.2) is 32.0 Å². The minimum atomic E-state index is 0.691. The molecule has 18 heavy (non-hydrogen) atoms. The van der Waals surface area contributed by atoms with E-state index >= 15 is 0 Å². The summed E-state index contributed by atoms with van der Waals surface area (Å²) in [4.78, 5) is 8.64. The number of aromatic nitrogens is 5. The first-order chi connectivity index (χ1) is 8.78. The van der Waals surface area contributed by atoms with Gasteiger partial charge in [-0.15, -0.1) is 5.10 Å². The molecular formula is C12H12N6. The van der Waals surface area contributed by atoms with Crippen LogP contribution < -0.4 is 5.32 Å². The fraction of sp³-hybridized carbons (Fsp3) is 0.167. The summed E-state index contributed by atoms with van der Waals surface area (Å²) in [5.41, 5.74) is 1.78. The van der Waals surface area contributed by atoms with Crippen molar-refractivity contribution in [2.45, 2.75) is 6.92 Å². The van der Waals surface area contributed by atoms with Crippen molar-refractivity contribution < 1.29 is 0 Å². The molecular weight excluding hydrogens is 228 g/mol. The van der Waals surface area contributed by atoms with Crippen LogP contribution in [0.4, 0.5) is 5.82 Å². The Balaban J connectivity index is 2.22. The van der Waals surface area contributed by atoms with E-state index in [9.17, 15) is 0 Å². The summed E-state index contributed by atoms with van der Waals surface area (Å²) in [6.45, 7) is 1.85. The van der Waals surface area contributed by atoms with Crippen molar-refractivity contribution in [1.29, 1.82) is 0 Å². The molecule has 0 aliphatic carbocycles. The largest absolute Gasteiger partial charge is 0.373 e. The molecule has 2 heterocycles. The number of rotatable bonds is 2. The van der Waals surface area contributed by atoms with Crippen molar-refractivity contribution >= 4 is 16.9 Å². The second kappa shape index (κ2) is 4.06. The molecule has 0 bridgehead atoms. The average Bonchev–Trinajstić information content (AvgIpc) is 2.81. The number of fused-ring (bicyclic) bond motifs is 1. The lowest BCUT2D eigenvalue weighted by atomic mass is 10.3. The van der Waals surface area contributed by atoms with Crippen LogP contribution in [-0.2, 0) is 0 Å². The van der Waals surface area contributed by atoms with Crippen molar-refractivity contribution in [3.05, 3.63) is 36.2 Å². The van der Waals surface area contributed by atoms with Gasteiger partial charge >= 0.3 is 0 Å². The van der Waals surface area contributed by atoms with E-state index < -0.39 is 0 Å². The Morgan fingerprint density at radius 1 is 1.17 bits per heavy atom. The maximum atomic E-state index is 4.38. The maximum absolute atomic E-state index is 4.38. The van der Waals surface area contributed by atoms with Crippen LogP contribution in [0.5, 0.6) is 0 Å². The third-order valence-electron chi connectivity index (χ3n) is 2.65. The second-order valence-corrected chi connectivity index (χ2v) is 3.90. The summed E-state index contributed by atoms with van der Waals surface area (Å²) < 4.78 is 1.71. The van der Waals surface area contributed by atoms with Gasteiger partial charge in [-0.3, -0.25) is 0 Å². The Kier molecular flexibility index (Phi) is 2.40. The second-order valence-electron chi connectivity index (χ2n) is 3.90. The smallest absolute Gasteiger partial charge is 0.161 e. The van der Waals surface area contributed by atoms with E-state index in [2.05, 4.69) is 25.6 Å². The zero-order valence-electron chi connectivity index (χ0n) is 10.1. The number of benzene rings is 1. The molecule has 3 aromatic rings. The van der Waals surface area contributed by atoms with Crippen molar-refractivity contribution in [3.8, 4) is 5.82 Å². The molecule has 0 saturated heterocycles. The van der Waals surface area contributed by atoms with Gasteiger partial charge in [-0.2, -0.15) is 4.68 Å². The molecule has 1 N–H and O–H groups in total. The predicted octanol–water partition coefficient (Wildman–Crippen LogP) is 1.56. The lowest BCUT2D eigenvalue weighted by molar-refractivity contribution is 0.791. The van der Waals surface area contributed by atoms with E-state index in [-0.39, 0.29) is 0 Å². The van der Waals surface area contributed by atoms with Crippen molar-refractivity contribution in [3.63, 3.8) is 0 Å². The molecule has 0 saturated carbocycles. The fourth-order valence-electron chi connectivity index (χ4n) is 1.83. The summed E-state index contributed by atoms with van der Waals surface area (Å²) in [5.74, 6) is 2.16. The Bertz CT molecular complexity index is 703. The van der Waals surface area contributed by atoms with Gasteiger partial charge in [0, 0.05) is 13.1 Å². The number of hydrogen-bond acceptors (Lipinski definition) is 5. The van der Waals surface area contributed by atoms with Gasteiger partial charge < -0.3 is 5.32 Å². The van der Waals surface area contributed by atoms with Crippen LogP contribution in [0.1, 0.15) is 5.82 Å². The predicted molar refractivity (Wildman–Crippen MR) is 68.7 cm³/mol. The first-order valence-corrected chi connectivity index (χ1v) is 5.62. The van der Waals surface area contributed by atoms with Gasteiger partial charge in [-0.25, -0.2) is 9.97 Å². The van der Waals surface area contributed by atoms with E-state index in [0.717, 1.165) is 16.9 Å². The van der Waals surface area contributed by atoms with Gasteiger partial charge in [0.2, 0.25) is 0 Å². The SMILES string of the molecule is CNc1cc(-n2nnc3ccccc32)nc(C)n1. The molecule has 0 unspecified atom stereocenters. The topological polar surface area (TPSA) is 68.5 Å². The van der Waals surface area contributed by atoms with Crippen molar-refractivity contribution in [2.75, 3.05) is 12.4 Å². The molecule has 6 nitrogen and oxygen atoms in total. The molecule has 0 aliphatic rings. The molecule has 90 valence electrons. The number of para-hydroxylation sites is 1. The zero-order valence-corrected chi connectivity index (χ0v) is 10.1. The van der Waals surface area contributed by atoms with E-state index in [0.29, 0.717) is 11.6 Å². The lowest BCUT2D eigenvalue weighted by Crippen LogP contribution is -2.05. The Labute approximate surface area is 104 Å². The van der Waals surface area contributed by atoms with E-state index in [1.165, 1.54) is 0 Å². The normalized spacial score (nSPS) is 10.8. The van der Waals surface area contributed by atoms with Gasteiger partial charge in [0.05, 0.1) is 5.52 Å². The molecule has 0 atom stereocenters. The van der Waals surface area contributed by atoms with Gasteiger partial charge in [0.15, 0.2) is 5.82 Å². The minimum Gasteiger partial charge on any atom is -0.373 e. The molecule has 0 amide bonds. The van der Waals surface area contributed by atoms with Gasteiger partial charge in [0.25, 0.3) is 0 Å². The van der Waals surface area contributed by atoms with Crippen LogP contribution in [0.3, 0.4) is 0 Å². The monoisotopic (exact) mass is 240 g/mol. The quantitative estimate of drug-likeness (QED) is 0.736. The number of aryl methyl sites for hydroxylation is 1. The molecule has 3 rings (SSSR count). The summed E-state index contributed by atoms with van der Waals surface area (Å²) >= 11 is 0. The average molecular weight is 240 g/mol. The highest BCUT2D eigenvalue weighted by Crippen LogP contribution is 2.16. The van der Waals surface area contributed by atoms with Crippen LogP contribution in [0.15, 0.2) is 30.3 Å². The highest BCUT2D eigenvalue weighted by atomic mass is 15.4. The molecule has 0 radical (unpaired) electrons. The Morgan fingerprint density at radius 2 is 2.00 bits per heavy atom. The standard InChI is InChI=1S/C12H12N6/c1-8-14-11(13-2)7-12(15-8)18-10-6-4-3-5-9(10)16-17-18/h3-7H,1-2H3,(H,13,14,15). The number of nitrogens with one attached hydrogen (secondary N) is 1. The molecule has 0 aliphatic heterocycles. The third-order valence-corrected chi connectivity index (χ3v) is 2.65. The van der Waals surface area contributed by atoms with Gasteiger partial charge in [-0.1, -0.05) is 17.3 Å². The van der Waals surface area contributed by atoms with Crippen LogP contribution in [0.2, 0.25) is 0 Å². The van der Waals surface area contributed by atoms with Gasteiger partial charge in [0.1, 0.15) is 17.2 Å². The lowest BCUT2D eigenvalue weighted by Gasteiger charge is -2.05. The first kappa shape index (κ1) is 10.6. The minimum absolute atomic E-state index is 0.691. The molecule has 1 aromatic carbocycles. The summed E-state index contributed by atoms with van der Waals surface area (Å²) in [7, 11) is 1.82. The summed E-state index contributed by atoms with van der Waals surface area (Å²) in [5, 5.41) is 11.2. The number of nitrogens with zero attached hydrogens (tertiary/aromatic N) is 5. The van der Waals surface area contributed by atoms with Crippen molar-refractivity contribution in [1.82, 2.24) is 25.0 Å². The van der Waals surface area contributed by atoms with Gasteiger partial charge in [-0.05, 0) is 19.1 Å². The van der Waals surface area contributed by atoms with E-state index in [1.807, 2.05) is 44.3 Å². The number of anilines is 1. The fourth-order valence-corrected chi connectivity index (χ4v) is 1.83. The zero-order chi connectivity index (χ0) is 12.5.